The van der Waals surface area contributed by atoms with Crippen LogP contribution < -0.4 is 5.73 Å². The third kappa shape index (κ3) is 1.93. The zero-order valence-electron chi connectivity index (χ0n) is 6.60. The summed E-state index contributed by atoms with van der Waals surface area (Å²) in [4.78, 5) is 14.2. The second-order valence-electron chi connectivity index (χ2n) is 2.35. The van der Waals surface area contributed by atoms with Crippen LogP contribution in [0.2, 0.25) is 5.02 Å². The van der Waals surface area contributed by atoms with Crippen LogP contribution in [-0.2, 0) is 0 Å². The van der Waals surface area contributed by atoms with Gasteiger partial charge in [0.05, 0.1) is 16.1 Å². The Hall–Kier alpha value is -0.940. The maximum atomic E-state index is 12.4. The van der Waals surface area contributed by atoms with Crippen molar-refractivity contribution >= 4 is 34.3 Å². The minimum absolute atomic E-state index is 0.241. The normalized spacial score (nSPS) is 10.6. The Kier molecular flexibility index (Phi) is 3.23. The Bertz CT molecular complexity index is 384. The van der Waals surface area contributed by atoms with Gasteiger partial charge in [0.15, 0.2) is 0 Å². The lowest BCUT2D eigenvalue weighted by Gasteiger charge is -2.08. The first-order chi connectivity index (χ1) is 6.45. The zero-order valence-corrected chi connectivity index (χ0v) is 8.11. The molecule has 0 atom stereocenters. The summed E-state index contributed by atoms with van der Waals surface area (Å²) in [6.07, 6.45) is -1.95. The number of nitrogen functional groups attached to an aromatic ring is 1. The largest absolute Gasteiger partial charge is 0.383 e. The molecule has 1 aromatic rings. The summed E-state index contributed by atoms with van der Waals surface area (Å²) in [5.74, 6) is -0.451. The number of nitrogens with two attached hydrogens (primary N) is 1. The lowest BCUT2D eigenvalue weighted by atomic mass is 10.1. The van der Waals surface area contributed by atoms with Crippen LogP contribution >= 0.6 is 23.2 Å². The molecular weight excluding hydrogens is 237 g/mol. The summed E-state index contributed by atoms with van der Waals surface area (Å²) in [5, 5.41) is -1.33. The average Bonchev–Trinajstić information content (AvgIpc) is 2.07. The van der Waals surface area contributed by atoms with Crippen LogP contribution in [0.15, 0.2) is 6.20 Å². The van der Waals surface area contributed by atoms with Gasteiger partial charge in [-0.2, -0.15) is 0 Å². The van der Waals surface area contributed by atoms with Crippen molar-refractivity contribution in [2.24, 2.45) is 0 Å². The van der Waals surface area contributed by atoms with E-state index in [1.807, 2.05) is 0 Å². The van der Waals surface area contributed by atoms with Crippen molar-refractivity contribution < 1.29 is 13.6 Å². The van der Waals surface area contributed by atoms with E-state index in [-0.39, 0.29) is 5.02 Å². The molecule has 2 N–H and O–H groups in total. The quantitative estimate of drug-likeness (QED) is 0.809. The number of nitrogens with zero attached hydrogens (tertiary/aromatic N) is 1. The summed E-state index contributed by atoms with van der Waals surface area (Å²) in [6.45, 7) is 0. The number of hydrogen-bond donors (Lipinski definition) is 1. The van der Waals surface area contributed by atoms with E-state index in [4.69, 9.17) is 28.9 Å². The van der Waals surface area contributed by atoms with E-state index in [1.54, 1.807) is 0 Å². The highest BCUT2D eigenvalue weighted by Gasteiger charge is 2.24. The van der Waals surface area contributed by atoms with E-state index in [2.05, 4.69) is 4.98 Å². The van der Waals surface area contributed by atoms with Gasteiger partial charge in [-0.25, -0.2) is 13.8 Å². The van der Waals surface area contributed by atoms with Crippen molar-refractivity contribution in [3.63, 3.8) is 0 Å². The van der Waals surface area contributed by atoms with Crippen molar-refractivity contribution in [3.05, 3.63) is 22.3 Å². The molecule has 14 heavy (non-hydrogen) atoms. The molecular formula is C7H4Cl2F2N2O. The topological polar surface area (TPSA) is 56.0 Å². The molecule has 0 aliphatic heterocycles. The molecule has 0 saturated carbocycles. The van der Waals surface area contributed by atoms with Crippen LogP contribution in [0, 0.1) is 0 Å². The van der Waals surface area contributed by atoms with Crippen molar-refractivity contribution in [2.75, 3.05) is 5.73 Å². The van der Waals surface area contributed by atoms with Gasteiger partial charge in [-0.3, -0.25) is 4.79 Å². The molecule has 1 rings (SSSR count). The number of pyridine rings is 1. The maximum Gasteiger partial charge on any atom is 0.268 e. The van der Waals surface area contributed by atoms with Gasteiger partial charge < -0.3 is 5.73 Å². The number of carbonyl (C=O) groups is 1. The summed E-state index contributed by atoms with van der Waals surface area (Å²) >= 11 is 10.6. The van der Waals surface area contributed by atoms with Gasteiger partial charge in [-0.15, -0.1) is 0 Å². The number of rotatable bonds is 2. The van der Waals surface area contributed by atoms with Crippen LogP contribution in [0.4, 0.5) is 14.6 Å². The fourth-order valence-corrected chi connectivity index (χ4v) is 1.43. The molecule has 0 fully saturated rings. The molecule has 1 aromatic heterocycles. The van der Waals surface area contributed by atoms with E-state index in [0.29, 0.717) is 0 Å². The Labute approximate surface area is 87.8 Å². The Balaban J connectivity index is 3.50. The molecule has 1 heterocycles. The van der Waals surface area contributed by atoms with Gasteiger partial charge in [-0.05, 0) is 11.6 Å². The molecule has 0 unspecified atom stereocenters. The maximum absolute atomic E-state index is 12.4. The standard InChI is InChI=1S/C7H4Cl2F2N2O/c8-2-1-13-7(12)4(6(10)11)3(2)5(9)14/h1,6H,(H2,12,13). The summed E-state index contributed by atoms with van der Waals surface area (Å²) < 4.78 is 24.9. The number of hydrogen-bond acceptors (Lipinski definition) is 3. The smallest absolute Gasteiger partial charge is 0.268 e. The van der Waals surface area contributed by atoms with Gasteiger partial charge in [0.25, 0.3) is 11.7 Å². The predicted octanol–water partition coefficient (Wildman–Crippen LogP) is 2.63. The lowest BCUT2D eigenvalue weighted by Crippen LogP contribution is -2.06. The second kappa shape index (κ2) is 4.06. The minimum atomic E-state index is -2.95. The highest BCUT2D eigenvalue weighted by atomic mass is 35.5. The number of aromatic nitrogens is 1. The van der Waals surface area contributed by atoms with Crippen LogP contribution in [0.25, 0.3) is 0 Å². The average molecular weight is 241 g/mol. The van der Waals surface area contributed by atoms with Crippen LogP contribution in [0.1, 0.15) is 22.3 Å². The third-order valence-electron chi connectivity index (χ3n) is 1.52. The first-order valence-electron chi connectivity index (χ1n) is 3.37. The van der Waals surface area contributed by atoms with E-state index in [1.165, 1.54) is 0 Å². The van der Waals surface area contributed by atoms with Gasteiger partial charge in [-0.1, -0.05) is 11.6 Å². The SMILES string of the molecule is Nc1ncc(Cl)c(C(=O)Cl)c1C(F)F. The number of carbonyl (C=O) groups excluding carboxylic acids is 1. The van der Waals surface area contributed by atoms with Crippen LogP contribution in [0.5, 0.6) is 0 Å². The molecule has 0 aliphatic rings. The lowest BCUT2D eigenvalue weighted by molar-refractivity contribution is 0.106. The van der Waals surface area contributed by atoms with E-state index < -0.39 is 28.6 Å². The zero-order chi connectivity index (χ0) is 10.9. The molecule has 0 aliphatic carbocycles. The minimum Gasteiger partial charge on any atom is -0.383 e. The molecule has 7 heteroatoms. The van der Waals surface area contributed by atoms with Crippen molar-refractivity contribution in [3.8, 4) is 0 Å². The molecule has 0 aromatic carbocycles. The van der Waals surface area contributed by atoms with Gasteiger partial charge in [0, 0.05) is 6.20 Å². The summed E-state index contributed by atoms with van der Waals surface area (Å²) in [5.41, 5.74) is 3.95. The molecule has 3 nitrogen and oxygen atoms in total. The molecule has 0 amide bonds. The third-order valence-corrected chi connectivity index (χ3v) is 1.99. The van der Waals surface area contributed by atoms with Gasteiger partial charge in [0.1, 0.15) is 5.82 Å². The van der Waals surface area contributed by atoms with Crippen molar-refractivity contribution in [1.29, 1.82) is 0 Å². The molecule has 76 valence electrons. The summed E-state index contributed by atoms with van der Waals surface area (Å²) in [6, 6.07) is 0. The molecule has 0 saturated heterocycles. The first-order valence-corrected chi connectivity index (χ1v) is 4.12. The van der Waals surface area contributed by atoms with E-state index in [9.17, 15) is 13.6 Å². The first kappa shape index (κ1) is 11.1. The van der Waals surface area contributed by atoms with Crippen molar-refractivity contribution in [1.82, 2.24) is 4.98 Å². The van der Waals surface area contributed by atoms with E-state index >= 15 is 0 Å². The predicted molar refractivity (Wildman–Crippen MR) is 48.8 cm³/mol. The molecule has 0 bridgehead atoms. The van der Waals surface area contributed by atoms with Crippen LogP contribution in [0.3, 0.4) is 0 Å². The number of halogens is 4. The highest BCUT2D eigenvalue weighted by molar-refractivity contribution is 6.69. The Morgan fingerprint density at radius 1 is 1.57 bits per heavy atom. The van der Waals surface area contributed by atoms with Gasteiger partial charge in [0.2, 0.25) is 0 Å². The highest BCUT2D eigenvalue weighted by Crippen LogP contribution is 2.32. The van der Waals surface area contributed by atoms with E-state index in [0.717, 1.165) is 6.20 Å². The second-order valence-corrected chi connectivity index (χ2v) is 3.10. The molecule has 0 spiro atoms. The summed E-state index contributed by atoms with van der Waals surface area (Å²) in [7, 11) is 0. The fourth-order valence-electron chi connectivity index (χ4n) is 0.938. The monoisotopic (exact) mass is 240 g/mol. The number of alkyl halides is 2. The Morgan fingerprint density at radius 2 is 2.14 bits per heavy atom. The molecule has 0 radical (unpaired) electrons. The van der Waals surface area contributed by atoms with Crippen LogP contribution in [-0.4, -0.2) is 10.2 Å². The van der Waals surface area contributed by atoms with Gasteiger partial charge >= 0.3 is 0 Å². The fraction of sp³-hybridized carbons (Fsp3) is 0.143. The Morgan fingerprint density at radius 3 is 2.50 bits per heavy atom. The van der Waals surface area contributed by atoms with Crippen molar-refractivity contribution in [2.45, 2.75) is 6.43 Å². The number of anilines is 1.